The lowest BCUT2D eigenvalue weighted by molar-refractivity contribution is 0.472. The molecule has 20 heavy (non-hydrogen) atoms. The Labute approximate surface area is 120 Å². The largest absolute Gasteiger partial charge is 0.385 e. The van der Waals surface area contributed by atoms with E-state index in [1.165, 1.54) is 12.8 Å². The summed E-state index contributed by atoms with van der Waals surface area (Å²) >= 11 is 0. The zero-order chi connectivity index (χ0) is 14.3. The van der Waals surface area contributed by atoms with Crippen LogP contribution >= 0.6 is 0 Å². The molecule has 0 heterocycles. The summed E-state index contributed by atoms with van der Waals surface area (Å²) in [5.74, 6) is 2.10. The monoisotopic (exact) mass is 292 g/mol. The number of aryl methyl sites for hydroxylation is 1. The van der Waals surface area contributed by atoms with Gasteiger partial charge in [-0.25, -0.2) is 13.6 Å². The molecule has 5 heteroatoms. The molecule has 3 unspecified atom stereocenters. The van der Waals surface area contributed by atoms with Gasteiger partial charge in [0.15, 0.2) is 0 Å². The molecule has 1 fully saturated rings. The van der Waals surface area contributed by atoms with Crippen LogP contribution in [0, 0.1) is 24.7 Å². The van der Waals surface area contributed by atoms with Crippen molar-refractivity contribution in [3.63, 3.8) is 0 Å². The average molecular weight is 292 g/mol. The third-order valence-electron chi connectivity index (χ3n) is 4.48. The summed E-state index contributed by atoms with van der Waals surface area (Å²) in [5, 5.41) is 8.59. The number of rotatable bonds is 4. The van der Waals surface area contributed by atoms with Gasteiger partial charge in [0, 0.05) is 12.2 Å². The molecule has 0 aromatic heterocycles. The number of anilines is 1. The molecule has 3 atom stereocenters. The topological polar surface area (TPSA) is 72.2 Å². The van der Waals surface area contributed by atoms with Crippen molar-refractivity contribution in [3.05, 3.63) is 35.9 Å². The van der Waals surface area contributed by atoms with E-state index in [-0.39, 0.29) is 4.90 Å². The molecule has 3 N–H and O–H groups in total. The van der Waals surface area contributed by atoms with Crippen LogP contribution in [0.15, 0.2) is 35.2 Å². The van der Waals surface area contributed by atoms with Gasteiger partial charge in [0.25, 0.3) is 0 Å². The molecule has 108 valence electrons. The number of sulfonamides is 1. The molecular weight excluding hydrogens is 272 g/mol. The number of nitrogens with one attached hydrogen (secondary N) is 1. The molecule has 2 bridgehead atoms. The van der Waals surface area contributed by atoms with Crippen molar-refractivity contribution >= 4 is 15.7 Å². The molecule has 1 saturated carbocycles. The first-order valence-corrected chi connectivity index (χ1v) is 8.54. The maximum Gasteiger partial charge on any atom is 0.238 e. The van der Waals surface area contributed by atoms with Crippen molar-refractivity contribution in [2.75, 3.05) is 11.9 Å². The van der Waals surface area contributed by atoms with Crippen molar-refractivity contribution in [2.45, 2.75) is 24.7 Å². The first-order valence-electron chi connectivity index (χ1n) is 6.99. The van der Waals surface area contributed by atoms with Crippen LogP contribution in [0.25, 0.3) is 0 Å². The maximum atomic E-state index is 11.5. The molecule has 0 saturated heterocycles. The molecule has 0 spiro atoms. The van der Waals surface area contributed by atoms with Gasteiger partial charge in [-0.3, -0.25) is 0 Å². The molecule has 3 rings (SSSR count). The maximum absolute atomic E-state index is 11.5. The Morgan fingerprint density at radius 1 is 1.30 bits per heavy atom. The smallest absolute Gasteiger partial charge is 0.238 e. The predicted molar refractivity (Wildman–Crippen MR) is 79.9 cm³/mol. The molecule has 0 radical (unpaired) electrons. The summed E-state index contributed by atoms with van der Waals surface area (Å²) in [6, 6.07) is 5.34. The normalized spacial score (nSPS) is 28.0. The number of nitrogens with two attached hydrogens (primary N) is 1. The summed E-state index contributed by atoms with van der Waals surface area (Å²) in [6.45, 7) is 2.64. The second-order valence-corrected chi connectivity index (χ2v) is 7.48. The van der Waals surface area contributed by atoms with E-state index in [1.54, 1.807) is 19.1 Å². The second kappa shape index (κ2) is 4.90. The van der Waals surface area contributed by atoms with E-state index in [4.69, 9.17) is 5.14 Å². The Hall–Kier alpha value is -1.33. The average Bonchev–Trinajstić information content (AvgIpc) is 2.98. The van der Waals surface area contributed by atoms with Crippen LogP contribution in [0.3, 0.4) is 0 Å². The minimum Gasteiger partial charge on any atom is -0.385 e. The van der Waals surface area contributed by atoms with Gasteiger partial charge >= 0.3 is 0 Å². The van der Waals surface area contributed by atoms with Gasteiger partial charge in [-0.15, -0.1) is 0 Å². The minimum atomic E-state index is -3.65. The summed E-state index contributed by atoms with van der Waals surface area (Å²) in [5.41, 5.74) is 1.51. The fourth-order valence-electron chi connectivity index (χ4n) is 3.39. The van der Waals surface area contributed by atoms with Crippen LogP contribution in [0.5, 0.6) is 0 Å². The van der Waals surface area contributed by atoms with Crippen LogP contribution in [-0.4, -0.2) is 15.0 Å². The van der Waals surface area contributed by atoms with E-state index < -0.39 is 10.0 Å². The fourth-order valence-corrected chi connectivity index (χ4v) is 4.20. The van der Waals surface area contributed by atoms with Crippen LogP contribution in [0.1, 0.15) is 18.4 Å². The van der Waals surface area contributed by atoms with Crippen LogP contribution in [0.2, 0.25) is 0 Å². The number of hydrogen-bond acceptors (Lipinski definition) is 3. The molecule has 2 aliphatic rings. The zero-order valence-corrected chi connectivity index (χ0v) is 12.4. The Morgan fingerprint density at radius 3 is 2.70 bits per heavy atom. The highest BCUT2D eigenvalue weighted by atomic mass is 32.2. The number of fused-ring (bicyclic) bond motifs is 2. The molecular formula is C15H20N2O2S. The molecule has 2 aliphatic carbocycles. The highest BCUT2D eigenvalue weighted by molar-refractivity contribution is 7.89. The van der Waals surface area contributed by atoms with Gasteiger partial charge < -0.3 is 5.32 Å². The van der Waals surface area contributed by atoms with Crippen molar-refractivity contribution < 1.29 is 8.42 Å². The van der Waals surface area contributed by atoms with Crippen LogP contribution < -0.4 is 10.5 Å². The van der Waals surface area contributed by atoms with Crippen molar-refractivity contribution in [1.29, 1.82) is 0 Å². The summed E-state index contributed by atoms with van der Waals surface area (Å²) in [6.07, 6.45) is 7.17. The highest BCUT2D eigenvalue weighted by Gasteiger charge is 2.35. The summed E-state index contributed by atoms with van der Waals surface area (Å²) in [7, 11) is -3.65. The number of hydrogen-bond donors (Lipinski definition) is 2. The quantitative estimate of drug-likeness (QED) is 0.836. The number of benzene rings is 1. The molecule has 0 amide bonds. The van der Waals surface area contributed by atoms with Gasteiger partial charge in [0.05, 0.1) is 4.90 Å². The second-order valence-electron chi connectivity index (χ2n) is 5.95. The first kappa shape index (κ1) is 13.6. The standard InChI is InChI=1S/C15H20N2O2S/c1-10-2-5-14(8-15(10)20(16,18)19)17-9-13-7-11-3-4-12(13)6-11/h2-5,8,11-13,17H,6-7,9H2,1H3,(H2,16,18,19). The van der Waals surface area contributed by atoms with E-state index in [0.717, 1.165) is 18.2 Å². The predicted octanol–water partition coefficient (Wildman–Crippen LogP) is 2.27. The van der Waals surface area contributed by atoms with Gasteiger partial charge in [-0.1, -0.05) is 18.2 Å². The van der Waals surface area contributed by atoms with Gasteiger partial charge in [-0.2, -0.15) is 0 Å². The molecule has 0 aliphatic heterocycles. The minimum absolute atomic E-state index is 0.204. The Balaban J connectivity index is 1.71. The third kappa shape index (κ3) is 2.60. The van der Waals surface area contributed by atoms with E-state index in [0.29, 0.717) is 17.4 Å². The zero-order valence-electron chi connectivity index (χ0n) is 11.5. The fraction of sp³-hybridized carbons (Fsp3) is 0.467. The first-order chi connectivity index (χ1) is 9.43. The Morgan fingerprint density at radius 2 is 2.10 bits per heavy atom. The van der Waals surface area contributed by atoms with E-state index in [1.807, 2.05) is 6.07 Å². The van der Waals surface area contributed by atoms with E-state index >= 15 is 0 Å². The molecule has 4 nitrogen and oxygen atoms in total. The highest BCUT2D eigenvalue weighted by Crippen LogP contribution is 2.43. The van der Waals surface area contributed by atoms with Crippen molar-refractivity contribution in [1.82, 2.24) is 0 Å². The van der Waals surface area contributed by atoms with Crippen LogP contribution in [0.4, 0.5) is 5.69 Å². The third-order valence-corrected chi connectivity index (χ3v) is 5.53. The number of primary sulfonamides is 1. The number of allylic oxidation sites excluding steroid dienone is 2. The van der Waals surface area contributed by atoms with E-state index in [9.17, 15) is 8.42 Å². The van der Waals surface area contributed by atoms with Gasteiger partial charge in [0.1, 0.15) is 0 Å². The van der Waals surface area contributed by atoms with Gasteiger partial charge in [0.2, 0.25) is 10.0 Å². The summed E-state index contributed by atoms with van der Waals surface area (Å²) in [4.78, 5) is 0.204. The van der Waals surface area contributed by atoms with Crippen LogP contribution in [-0.2, 0) is 10.0 Å². The van der Waals surface area contributed by atoms with E-state index in [2.05, 4.69) is 17.5 Å². The van der Waals surface area contributed by atoms with Crippen molar-refractivity contribution in [2.24, 2.45) is 22.9 Å². The Kier molecular flexibility index (Phi) is 3.34. The molecule has 1 aromatic rings. The Bertz CT molecular complexity index is 652. The lowest BCUT2D eigenvalue weighted by Gasteiger charge is -2.19. The van der Waals surface area contributed by atoms with Gasteiger partial charge in [-0.05, 0) is 55.2 Å². The lowest BCUT2D eigenvalue weighted by Crippen LogP contribution is -2.19. The molecule has 1 aromatic carbocycles. The lowest BCUT2D eigenvalue weighted by atomic mass is 9.93. The van der Waals surface area contributed by atoms with Crippen molar-refractivity contribution in [3.8, 4) is 0 Å². The summed E-state index contributed by atoms with van der Waals surface area (Å²) < 4.78 is 23.0. The SMILES string of the molecule is Cc1ccc(NCC2CC3C=CC2C3)cc1S(N)(=O)=O.